The topological polar surface area (TPSA) is 20.2 Å². The third kappa shape index (κ3) is 2.38. The van der Waals surface area contributed by atoms with Crippen molar-refractivity contribution in [1.29, 1.82) is 0 Å². The van der Waals surface area contributed by atoms with Crippen LogP contribution in [-0.4, -0.2) is 22.5 Å². The van der Waals surface area contributed by atoms with E-state index in [4.69, 9.17) is 5.11 Å². The van der Waals surface area contributed by atoms with Crippen LogP contribution in [0.3, 0.4) is 0 Å². The van der Waals surface area contributed by atoms with Crippen molar-refractivity contribution in [2.75, 3.05) is 0 Å². The molecular formula is C12H10AlO. The van der Waals surface area contributed by atoms with Gasteiger partial charge < -0.3 is 5.11 Å². The minimum absolute atomic E-state index is 0. The van der Waals surface area contributed by atoms with E-state index in [0.717, 1.165) is 5.56 Å². The Labute approximate surface area is 94.2 Å². The van der Waals surface area contributed by atoms with Gasteiger partial charge in [-0.15, -0.1) is 0 Å². The summed E-state index contributed by atoms with van der Waals surface area (Å²) in [6, 6.07) is 17.3. The first-order valence-corrected chi connectivity index (χ1v) is 4.21. The zero-order valence-corrected chi connectivity index (χ0v) is 8.88. The molecule has 2 heteroatoms. The predicted molar refractivity (Wildman–Crippen MR) is 59.3 cm³/mol. The Morgan fingerprint density at radius 1 is 0.643 bits per heavy atom. The Kier molecular flexibility index (Phi) is 3.76. The van der Waals surface area contributed by atoms with Crippen LogP contribution in [0.1, 0.15) is 0 Å². The molecule has 0 heterocycles. The zero-order valence-electron chi connectivity index (χ0n) is 7.72. The first kappa shape index (κ1) is 10.9. The number of benzene rings is 2. The molecule has 0 atom stereocenters. The largest absolute Gasteiger partial charge is 0.508 e. The Bertz CT molecular complexity index is 381. The Morgan fingerprint density at radius 3 is 1.71 bits per heavy atom. The van der Waals surface area contributed by atoms with Gasteiger partial charge in [-0.05, 0) is 23.3 Å². The van der Waals surface area contributed by atoms with Gasteiger partial charge in [0.15, 0.2) is 0 Å². The van der Waals surface area contributed by atoms with E-state index in [1.54, 1.807) is 12.1 Å². The van der Waals surface area contributed by atoms with Crippen molar-refractivity contribution in [3.8, 4) is 16.9 Å². The van der Waals surface area contributed by atoms with Gasteiger partial charge in [0.2, 0.25) is 0 Å². The fourth-order valence-corrected chi connectivity index (χ4v) is 1.28. The second-order valence-corrected chi connectivity index (χ2v) is 2.91. The molecule has 0 aliphatic heterocycles. The summed E-state index contributed by atoms with van der Waals surface area (Å²) in [6.07, 6.45) is 0. The van der Waals surface area contributed by atoms with Crippen LogP contribution in [0, 0.1) is 0 Å². The average Bonchev–Trinajstić information content (AvgIpc) is 2.20. The van der Waals surface area contributed by atoms with Crippen LogP contribution in [0.25, 0.3) is 11.1 Å². The average molecular weight is 197 g/mol. The molecule has 2 aromatic rings. The van der Waals surface area contributed by atoms with Crippen LogP contribution >= 0.6 is 0 Å². The van der Waals surface area contributed by atoms with Crippen molar-refractivity contribution in [1.82, 2.24) is 0 Å². The van der Waals surface area contributed by atoms with Gasteiger partial charge in [-0.3, -0.25) is 0 Å². The molecule has 0 bridgehead atoms. The second kappa shape index (κ2) is 4.86. The van der Waals surface area contributed by atoms with Crippen LogP contribution in [0.5, 0.6) is 5.75 Å². The summed E-state index contributed by atoms with van der Waals surface area (Å²) < 4.78 is 0. The van der Waals surface area contributed by atoms with Crippen molar-refractivity contribution >= 4 is 17.4 Å². The van der Waals surface area contributed by atoms with Gasteiger partial charge in [0.05, 0.1) is 0 Å². The van der Waals surface area contributed by atoms with Crippen molar-refractivity contribution in [2.24, 2.45) is 0 Å². The highest BCUT2D eigenvalue weighted by molar-refractivity contribution is 5.75. The molecule has 0 saturated carbocycles. The predicted octanol–water partition coefficient (Wildman–Crippen LogP) is 2.68. The van der Waals surface area contributed by atoms with Crippen LogP contribution in [0.15, 0.2) is 54.6 Å². The van der Waals surface area contributed by atoms with E-state index in [-0.39, 0.29) is 17.4 Å². The summed E-state index contributed by atoms with van der Waals surface area (Å²) in [4.78, 5) is 0. The molecule has 0 spiro atoms. The lowest BCUT2D eigenvalue weighted by Gasteiger charge is -2.00. The molecule has 3 radical (unpaired) electrons. The summed E-state index contributed by atoms with van der Waals surface area (Å²) in [5, 5.41) is 9.10. The van der Waals surface area contributed by atoms with Gasteiger partial charge in [-0.25, -0.2) is 0 Å². The summed E-state index contributed by atoms with van der Waals surface area (Å²) in [6.45, 7) is 0. The molecule has 1 N–H and O–H groups in total. The van der Waals surface area contributed by atoms with E-state index in [1.807, 2.05) is 42.5 Å². The minimum atomic E-state index is 0. The Hall–Kier alpha value is -1.23. The molecule has 2 aromatic carbocycles. The van der Waals surface area contributed by atoms with Gasteiger partial charge in [0.1, 0.15) is 5.75 Å². The maximum atomic E-state index is 9.10. The molecular weight excluding hydrogens is 187 g/mol. The highest BCUT2D eigenvalue weighted by Gasteiger charge is 1.94. The van der Waals surface area contributed by atoms with Crippen LogP contribution in [0.4, 0.5) is 0 Å². The standard InChI is InChI=1S/C12H10O.Al/c13-12-8-6-11(7-9-12)10-4-2-1-3-5-10;/h1-9,13H;. The molecule has 1 nitrogen and oxygen atoms in total. The molecule has 0 amide bonds. The van der Waals surface area contributed by atoms with E-state index >= 15 is 0 Å². The van der Waals surface area contributed by atoms with Crippen LogP contribution < -0.4 is 0 Å². The monoisotopic (exact) mass is 197 g/mol. The summed E-state index contributed by atoms with van der Waals surface area (Å²) >= 11 is 0. The first-order chi connectivity index (χ1) is 6.36. The van der Waals surface area contributed by atoms with Gasteiger partial charge in [-0.2, -0.15) is 0 Å². The maximum Gasteiger partial charge on any atom is 0.115 e. The number of rotatable bonds is 1. The normalized spacial score (nSPS) is 9.14. The quantitative estimate of drug-likeness (QED) is 0.697. The number of phenolic OH excluding ortho intramolecular Hbond substituents is 1. The fourth-order valence-electron chi connectivity index (χ4n) is 1.28. The third-order valence-electron chi connectivity index (χ3n) is 1.97. The summed E-state index contributed by atoms with van der Waals surface area (Å²) in [5.74, 6) is 0.305. The van der Waals surface area contributed by atoms with E-state index in [9.17, 15) is 0 Å². The number of aromatic hydroxyl groups is 1. The van der Waals surface area contributed by atoms with Gasteiger partial charge in [0.25, 0.3) is 0 Å². The van der Waals surface area contributed by atoms with Crippen molar-refractivity contribution in [2.45, 2.75) is 0 Å². The highest BCUT2D eigenvalue weighted by atomic mass is 27.0. The number of hydrogen-bond acceptors (Lipinski definition) is 1. The van der Waals surface area contributed by atoms with Crippen molar-refractivity contribution in [3.63, 3.8) is 0 Å². The lowest BCUT2D eigenvalue weighted by Crippen LogP contribution is -1.74. The van der Waals surface area contributed by atoms with Crippen molar-refractivity contribution < 1.29 is 5.11 Å². The molecule has 0 aliphatic carbocycles. The molecule has 0 unspecified atom stereocenters. The van der Waals surface area contributed by atoms with Crippen molar-refractivity contribution in [3.05, 3.63) is 54.6 Å². The third-order valence-corrected chi connectivity index (χ3v) is 1.97. The molecule has 0 fully saturated rings. The zero-order chi connectivity index (χ0) is 9.10. The highest BCUT2D eigenvalue weighted by Crippen LogP contribution is 2.20. The van der Waals surface area contributed by atoms with Crippen LogP contribution in [0.2, 0.25) is 0 Å². The summed E-state index contributed by atoms with van der Waals surface area (Å²) in [7, 11) is 0. The molecule has 0 aromatic heterocycles. The SMILES string of the molecule is Oc1ccc(-c2ccccc2)cc1.[Al]. The van der Waals surface area contributed by atoms with E-state index in [2.05, 4.69) is 0 Å². The molecule has 67 valence electrons. The smallest absolute Gasteiger partial charge is 0.115 e. The number of hydrogen-bond donors (Lipinski definition) is 1. The Morgan fingerprint density at radius 2 is 1.14 bits per heavy atom. The van der Waals surface area contributed by atoms with Gasteiger partial charge >= 0.3 is 0 Å². The fraction of sp³-hybridized carbons (Fsp3) is 0. The maximum absolute atomic E-state index is 9.10. The lowest BCUT2D eigenvalue weighted by molar-refractivity contribution is 0.475. The number of phenols is 1. The molecule has 0 aliphatic rings. The van der Waals surface area contributed by atoms with Crippen LogP contribution in [-0.2, 0) is 0 Å². The van der Waals surface area contributed by atoms with Gasteiger partial charge in [0, 0.05) is 17.4 Å². The van der Waals surface area contributed by atoms with E-state index < -0.39 is 0 Å². The Balaban J connectivity index is 0.000000980. The van der Waals surface area contributed by atoms with E-state index in [0.29, 0.717) is 5.75 Å². The molecule has 2 rings (SSSR count). The lowest BCUT2D eigenvalue weighted by atomic mass is 10.1. The minimum Gasteiger partial charge on any atom is -0.508 e. The first-order valence-electron chi connectivity index (χ1n) is 4.21. The van der Waals surface area contributed by atoms with Gasteiger partial charge in [-0.1, -0.05) is 42.5 Å². The summed E-state index contributed by atoms with van der Waals surface area (Å²) in [5.41, 5.74) is 2.29. The molecule has 14 heavy (non-hydrogen) atoms. The molecule has 0 saturated heterocycles. The second-order valence-electron chi connectivity index (χ2n) is 2.91. The van der Waals surface area contributed by atoms with E-state index in [1.165, 1.54) is 5.56 Å².